The molecule has 272 valence electrons. The van der Waals surface area contributed by atoms with Crippen LogP contribution in [0.5, 0.6) is 0 Å². The second kappa shape index (κ2) is 12.7. The molecule has 1 N–H and O–H groups in total. The zero-order valence-corrected chi connectivity index (χ0v) is 29.2. The molecule has 7 heterocycles. The number of carbonyl (C=O) groups excluding carboxylic acids is 1. The number of fused-ring (bicyclic) bond motifs is 6. The van der Waals surface area contributed by atoms with Gasteiger partial charge in [0.2, 0.25) is 17.8 Å². The van der Waals surface area contributed by atoms with Crippen molar-refractivity contribution in [1.29, 1.82) is 0 Å². The normalized spacial score (nSPS) is 20.5. The quantitative estimate of drug-likeness (QED) is 0.282. The monoisotopic (exact) mass is 724 g/mol. The Hall–Kier alpha value is -5.84. The summed E-state index contributed by atoms with van der Waals surface area (Å²) in [7, 11) is 3.34. The summed E-state index contributed by atoms with van der Waals surface area (Å²) in [5, 5.41) is 8.41. The summed E-state index contributed by atoms with van der Waals surface area (Å²) in [6.45, 7) is 4.24. The Bertz CT molecular complexity index is 2410. The van der Waals surface area contributed by atoms with Crippen molar-refractivity contribution in [2.75, 3.05) is 55.5 Å². The van der Waals surface area contributed by atoms with Crippen LogP contribution >= 0.6 is 0 Å². The van der Waals surface area contributed by atoms with E-state index in [1.807, 2.05) is 21.3 Å². The van der Waals surface area contributed by atoms with Crippen LogP contribution in [0.2, 0.25) is 0 Å². The summed E-state index contributed by atoms with van der Waals surface area (Å²) in [6, 6.07) is 6.86. The van der Waals surface area contributed by atoms with Crippen molar-refractivity contribution in [3.63, 3.8) is 0 Å². The Kier molecular flexibility index (Phi) is 7.90. The number of rotatable bonds is 4. The van der Waals surface area contributed by atoms with Gasteiger partial charge in [-0.15, -0.1) is 0 Å². The van der Waals surface area contributed by atoms with Crippen molar-refractivity contribution in [2.45, 2.75) is 44.5 Å². The van der Waals surface area contributed by atoms with Crippen LogP contribution in [-0.2, 0) is 16.1 Å². The molecule has 3 aliphatic heterocycles. The molecule has 14 nitrogen and oxygen atoms in total. The lowest BCUT2D eigenvalue weighted by Gasteiger charge is -2.33. The van der Waals surface area contributed by atoms with E-state index in [1.54, 1.807) is 37.5 Å². The number of ether oxygens (including phenoxy) is 1. The fraction of sp³-hybridized carbons (Fsp3) is 0.361. The predicted molar refractivity (Wildman–Crippen MR) is 190 cm³/mol. The van der Waals surface area contributed by atoms with Gasteiger partial charge in [0.05, 0.1) is 41.0 Å². The molecule has 17 heteroatoms. The topological polar surface area (TPSA) is 135 Å². The predicted octanol–water partition coefficient (Wildman–Crippen LogP) is 4.10. The summed E-state index contributed by atoms with van der Waals surface area (Å²) < 4.78 is 53.3. The maximum atomic E-state index is 15.1. The van der Waals surface area contributed by atoms with Gasteiger partial charge in [0.15, 0.2) is 11.5 Å². The minimum atomic E-state index is -0.791. The third kappa shape index (κ3) is 5.66. The highest BCUT2D eigenvalue weighted by atomic mass is 19.1. The average molecular weight is 725 g/mol. The molecule has 0 aliphatic carbocycles. The van der Waals surface area contributed by atoms with Crippen LogP contribution in [0.1, 0.15) is 18.7 Å². The van der Waals surface area contributed by atoms with Gasteiger partial charge in [0, 0.05) is 70.3 Å². The van der Waals surface area contributed by atoms with Gasteiger partial charge >= 0.3 is 0 Å². The molecule has 4 aromatic heterocycles. The summed E-state index contributed by atoms with van der Waals surface area (Å²) in [5.41, 5.74) is 2.62. The van der Waals surface area contributed by atoms with Gasteiger partial charge in [-0.3, -0.25) is 4.79 Å². The van der Waals surface area contributed by atoms with E-state index in [0.29, 0.717) is 76.4 Å². The molecule has 3 atom stereocenters. The fourth-order valence-electron chi connectivity index (χ4n) is 7.59. The van der Waals surface area contributed by atoms with Crippen LogP contribution in [0.25, 0.3) is 39.0 Å². The highest BCUT2D eigenvalue weighted by Gasteiger charge is 2.41. The summed E-state index contributed by atoms with van der Waals surface area (Å²) in [6.07, 6.45) is 4.05. The Balaban J connectivity index is 1.17. The van der Waals surface area contributed by atoms with Crippen molar-refractivity contribution in [3.8, 4) is 16.9 Å². The third-order valence-electron chi connectivity index (χ3n) is 10.4. The first-order valence-corrected chi connectivity index (χ1v) is 17.4. The largest absolute Gasteiger partial charge is 0.378 e. The smallest absolute Gasteiger partial charge is 0.245 e. The molecule has 0 saturated carbocycles. The molecular formula is C36H35F3N12O2. The van der Waals surface area contributed by atoms with Crippen molar-refractivity contribution < 1.29 is 22.7 Å². The number of hydrogen-bond donors (Lipinski definition) is 1. The van der Waals surface area contributed by atoms with Gasteiger partial charge in [-0.2, -0.15) is 15.1 Å². The Morgan fingerprint density at radius 2 is 1.81 bits per heavy atom. The van der Waals surface area contributed by atoms with Crippen molar-refractivity contribution in [1.82, 2.24) is 44.2 Å². The lowest BCUT2D eigenvalue weighted by atomic mass is 10.1. The summed E-state index contributed by atoms with van der Waals surface area (Å²) >= 11 is 0. The number of benzene rings is 2. The minimum absolute atomic E-state index is 0.0323. The molecule has 0 spiro atoms. The average Bonchev–Trinajstić information content (AvgIpc) is 3.81. The van der Waals surface area contributed by atoms with Gasteiger partial charge in [-0.05, 0) is 44.0 Å². The fourth-order valence-corrected chi connectivity index (χ4v) is 7.59. The second-order valence-electron chi connectivity index (χ2n) is 13.8. The molecule has 2 fully saturated rings. The number of carbonyl (C=O) groups is 1. The molecule has 4 bridgehead atoms. The molecule has 3 aliphatic rings. The number of aromatic nitrogens is 8. The van der Waals surface area contributed by atoms with Crippen LogP contribution < -0.4 is 15.1 Å². The SMILES string of the molecule is CO[C@H]1CN(C)C(=O)[C@@H]2C[C@@H](CN2c2nc(N3CCC3)nc3c2cnn3-c2ccc(F)cc2F)Nc2nccc(n2)-c2cc(F)cc3nc(C)n(c23)C1. The van der Waals surface area contributed by atoms with Crippen molar-refractivity contribution in [3.05, 3.63) is 72.1 Å². The zero-order valence-electron chi connectivity index (χ0n) is 29.2. The number of likely N-dealkylation sites (N-methyl/N-ethyl adjacent to an activating group) is 1. The lowest BCUT2D eigenvalue weighted by molar-refractivity contribution is -0.132. The maximum Gasteiger partial charge on any atom is 0.245 e. The number of methoxy groups -OCH3 is 1. The van der Waals surface area contributed by atoms with Crippen LogP contribution in [0, 0.1) is 24.4 Å². The van der Waals surface area contributed by atoms with Crippen molar-refractivity contribution in [2.24, 2.45) is 0 Å². The Morgan fingerprint density at radius 1 is 0.962 bits per heavy atom. The molecule has 9 rings (SSSR count). The van der Waals surface area contributed by atoms with E-state index in [0.717, 1.165) is 25.6 Å². The Labute approximate surface area is 301 Å². The van der Waals surface area contributed by atoms with Gasteiger partial charge in [0.1, 0.15) is 35.0 Å². The zero-order chi connectivity index (χ0) is 36.5. The molecule has 53 heavy (non-hydrogen) atoms. The Morgan fingerprint density at radius 3 is 2.58 bits per heavy atom. The number of nitrogens with one attached hydrogen (secondary N) is 1. The highest BCUT2D eigenvalue weighted by Crippen LogP contribution is 2.36. The summed E-state index contributed by atoms with van der Waals surface area (Å²) in [5.74, 6) is -0.243. The summed E-state index contributed by atoms with van der Waals surface area (Å²) in [4.78, 5) is 44.0. The van der Waals surface area contributed by atoms with Gasteiger partial charge in [-0.1, -0.05) is 0 Å². The third-order valence-corrected chi connectivity index (χ3v) is 10.4. The van der Waals surface area contributed by atoms with Crippen molar-refractivity contribution >= 4 is 45.7 Å². The second-order valence-corrected chi connectivity index (χ2v) is 13.8. The van der Waals surface area contributed by atoms with Crippen LogP contribution in [-0.4, -0.2) is 109 Å². The van der Waals surface area contributed by atoms with E-state index in [2.05, 4.69) is 20.4 Å². The van der Waals surface area contributed by atoms with Crippen LogP contribution in [0.15, 0.2) is 48.8 Å². The minimum Gasteiger partial charge on any atom is -0.378 e. The van der Waals surface area contributed by atoms with E-state index < -0.39 is 29.6 Å². The molecule has 6 aromatic rings. The number of anilines is 3. The van der Waals surface area contributed by atoms with Crippen LogP contribution in [0.3, 0.4) is 0 Å². The number of amides is 1. The first-order chi connectivity index (χ1) is 25.6. The molecule has 0 unspecified atom stereocenters. The van der Waals surface area contributed by atoms with Gasteiger partial charge < -0.3 is 29.3 Å². The van der Waals surface area contributed by atoms with E-state index >= 15 is 8.78 Å². The number of nitrogens with zero attached hydrogens (tertiary/aromatic N) is 11. The number of halogens is 3. The van der Waals surface area contributed by atoms with E-state index in [4.69, 9.17) is 19.7 Å². The van der Waals surface area contributed by atoms with Crippen LogP contribution in [0.4, 0.5) is 30.9 Å². The molecular weight excluding hydrogens is 689 g/mol. The molecule has 2 aromatic carbocycles. The molecule has 0 radical (unpaired) electrons. The number of aryl methyl sites for hydroxylation is 1. The lowest BCUT2D eigenvalue weighted by Crippen LogP contribution is -2.47. The number of imidazole rings is 1. The first kappa shape index (κ1) is 33.0. The van der Waals surface area contributed by atoms with E-state index in [-0.39, 0.29) is 24.2 Å². The first-order valence-electron chi connectivity index (χ1n) is 17.4. The highest BCUT2D eigenvalue weighted by molar-refractivity contribution is 5.94. The standard InChI is InChI=1S/C36H35F3N12O2/c1-19-42-28-13-21(38)11-24-27-7-8-40-35(44-27)43-22-14-30(34(52)47(2)17-23(53-3)18-49(19)31(24)28)50(16-22)32-25-15-41-51(29-6-5-20(37)12-26(29)39)33(25)46-36(45-32)48-9-4-10-48/h5-8,11-13,15,22-23,30H,4,9-10,14,16-18H2,1-3H3,(H,40,43,44)/t22-,23-,30-/m0/s1. The van der Waals surface area contributed by atoms with E-state index in [1.165, 1.54) is 28.9 Å². The van der Waals surface area contributed by atoms with Gasteiger partial charge in [0.25, 0.3) is 0 Å². The van der Waals surface area contributed by atoms with E-state index in [9.17, 15) is 9.18 Å². The maximum absolute atomic E-state index is 15.1. The number of hydrogen-bond acceptors (Lipinski definition) is 11. The van der Waals surface area contributed by atoms with Gasteiger partial charge in [-0.25, -0.2) is 32.8 Å². The molecule has 2 saturated heterocycles. The molecule has 1 amide bonds.